The van der Waals surface area contributed by atoms with E-state index in [9.17, 15) is 0 Å². The van der Waals surface area contributed by atoms with Crippen LogP contribution in [0.4, 0.5) is 0 Å². The minimum absolute atomic E-state index is 0. The summed E-state index contributed by atoms with van der Waals surface area (Å²) >= 11 is 0. The highest BCUT2D eigenvalue weighted by Crippen LogP contribution is 2.24. The molecule has 9 heteroatoms. The van der Waals surface area contributed by atoms with Gasteiger partial charge in [0.15, 0.2) is 11.8 Å². The third-order valence-corrected chi connectivity index (χ3v) is 5.00. The maximum atomic E-state index is 5.68. The van der Waals surface area contributed by atoms with E-state index in [0.717, 1.165) is 56.6 Å². The van der Waals surface area contributed by atoms with Crippen LogP contribution in [0.25, 0.3) is 0 Å². The van der Waals surface area contributed by atoms with Crippen LogP contribution >= 0.6 is 24.0 Å². The first-order valence-corrected chi connectivity index (χ1v) is 10.2. The predicted molar refractivity (Wildman–Crippen MR) is 124 cm³/mol. The SMILES string of the molecule is CN=C(NCCCc1nc(C(C)C)no1)NCC(c1ccco1)N1CCCC1.I. The molecule has 2 N–H and O–H groups in total. The molecule has 1 fully saturated rings. The summed E-state index contributed by atoms with van der Waals surface area (Å²) in [7, 11) is 1.79. The molecule has 162 valence electrons. The molecule has 3 rings (SSSR count). The molecule has 1 atom stereocenters. The largest absolute Gasteiger partial charge is 0.468 e. The minimum atomic E-state index is 0. The number of aromatic nitrogens is 2. The van der Waals surface area contributed by atoms with Crippen LogP contribution in [0.3, 0.4) is 0 Å². The van der Waals surface area contributed by atoms with Gasteiger partial charge in [-0.05, 0) is 44.5 Å². The van der Waals surface area contributed by atoms with E-state index >= 15 is 0 Å². The van der Waals surface area contributed by atoms with Gasteiger partial charge >= 0.3 is 0 Å². The molecule has 0 amide bonds. The van der Waals surface area contributed by atoms with Crippen LogP contribution in [0, 0.1) is 0 Å². The maximum Gasteiger partial charge on any atom is 0.226 e. The third-order valence-electron chi connectivity index (χ3n) is 5.00. The molecule has 29 heavy (non-hydrogen) atoms. The first-order valence-electron chi connectivity index (χ1n) is 10.2. The van der Waals surface area contributed by atoms with Crippen LogP contribution in [0.5, 0.6) is 0 Å². The Bertz CT molecular complexity index is 725. The van der Waals surface area contributed by atoms with Crippen LogP contribution in [0.1, 0.15) is 62.5 Å². The van der Waals surface area contributed by atoms with Gasteiger partial charge in [0, 0.05) is 32.5 Å². The molecular weight excluding hydrogens is 483 g/mol. The Labute approximate surface area is 189 Å². The number of furan rings is 1. The van der Waals surface area contributed by atoms with Crippen molar-refractivity contribution in [2.75, 3.05) is 33.2 Å². The monoisotopic (exact) mass is 516 g/mol. The van der Waals surface area contributed by atoms with Crippen molar-refractivity contribution in [3.63, 3.8) is 0 Å². The molecule has 0 spiro atoms. The second-order valence-electron chi connectivity index (χ2n) is 7.46. The quantitative estimate of drug-likeness (QED) is 0.229. The zero-order chi connectivity index (χ0) is 19.8. The molecule has 0 aliphatic carbocycles. The lowest BCUT2D eigenvalue weighted by atomic mass is 10.2. The zero-order valence-corrected chi connectivity index (χ0v) is 19.9. The Hall–Kier alpha value is -1.62. The molecule has 0 saturated carbocycles. The summed E-state index contributed by atoms with van der Waals surface area (Å²) in [6.07, 6.45) is 5.89. The second-order valence-corrected chi connectivity index (χ2v) is 7.46. The fourth-order valence-corrected chi connectivity index (χ4v) is 3.41. The number of aryl methyl sites for hydroxylation is 1. The Morgan fingerprint density at radius 1 is 1.28 bits per heavy atom. The first kappa shape index (κ1) is 23.7. The zero-order valence-electron chi connectivity index (χ0n) is 17.6. The lowest BCUT2D eigenvalue weighted by molar-refractivity contribution is 0.215. The van der Waals surface area contributed by atoms with E-state index in [1.807, 2.05) is 6.07 Å². The molecule has 0 radical (unpaired) electrons. The Kier molecular flexibility index (Phi) is 9.92. The number of hydrogen-bond acceptors (Lipinski definition) is 6. The van der Waals surface area contributed by atoms with Crippen LogP contribution < -0.4 is 10.6 Å². The minimum Gasteiger partial charge on any atom is -0.468 e. The summed E-state index contributed by atoms with van der Waals surface area (Å²) in [5.74, 6) is 3.55. The van der Waals surface area contributed by atoms with Crippen molar-refractivity contribution < 1.29 is 8.94 Å². The second kappa shape index (κ2) is 12.2. The van der Waals surface area contributed by atoms with Crippen molar-refractivity contribution >= 4 is 29.9 Å². The topological polar surface area (TPSA) is 91.7 Å². The molecule has 0 aromatic carbocycles. The molecule has 0 bridgehead atoms. The summed E-state index contributed by atoms with van der Waals surface area (Å²) in [6.45, 7) is 7.89. The Morgan fingerprint density at radius 2 is 2.07 bits per heavy atom. The van der Waals surface area contributed by atoms with Crippen molar-refractivity contribution in [2.24, 2.45) is 4.99 Å². The van der Waals surface area contributed by atoms with Crippen molar-refractivity contribution in [3.05, 3.63) is 35.9 Å². The van der Waals surface area contributed by atoms with E-state index in [-0.39, 0.29) is 35.9 Å². The van der Waals surface area contributed by atoms with E-state index in [1.54, 1.807) is 13.3 Å². The number of hydrogen-bond donors (Lipinski definition) is 2. The van der Waals surface area contributed by atoms with Crippen molar-refractivity contribution in [1.29, 1.82) is 0 Å². The van der Waals surface area contributed by atoms with Gasteiger partial charge in [-0.15, -0.1) is 24.0 Å². The fourth-order valence-electron chi connectivity index (χ4n) is 3.41. The summed E-state index contributed by atoms with van der Waals surface area (Å²) < 4.78 is 11.0. The van der Waals surface area contributed by atoms with E-state index in [0.29, 0.717) is 5.89 Å². The molecular formula is C20H33IN6O2. The van der Waals surface area contributed by atoms with E-state index < -0.39 is 0 Å². The molecule has 2 aromatic rings. The Balaban J connectivity index is 0.00000300. The Morgan fingerprint density at radius 3 is 2.69 bits per heavy atom. The molecule has 1 unspecified atom stereocenters. The average molecular weight is 516 g/mol. The number of nitrogens with one attached hydrogen (secondary N) is 2. The highest BCUT2D eigenvalue weighted by molar-refractivity contribution is 14.0. The number of guanidine groups is 1. The number of aliphatic imine (C=N–C) groups is 1. The third kappa shape index (κ3) is 6.98. The summed E-state index contributed by atoms with van der Waals surface area (Å²) in [5, 5.41) is 10.8. The van der Waals surface area contributed by atoms with Gasteiger partial charge in [0.2, 0.25) is 5.89 Å². The van der Waals surface area contributed by atoms with Gasteiger partial charge in [-0.1, -0.05) is 19.0 Å². The highest BCUT2D eigenvalue weighted by Gasteiger charge is 2.25. The molecule has 1 aliphatic heterocycles. The van der Waals surface area contributed by atoms with Gasteiger partial charge in [-0.3, -0.25) is 9.89 Å². The summed E-state index contributed by atoms with van der Waals surface area (Å²) in [6, 6.07) is 4.23. The number of nitrogens with zero attached hydrogens (tertiary/aromatic N) is 4. The van der Waals surface area contributed by atoms with Crippen LogP contribution in [0.15, 0.2) is 32.3 Å². The number of rotatable bonds is 9. The first-order chi connectivity index (χ1) is 13.7. The summed E-state index contributed by atoms with van der Waals surface area (Å²) in [5.41, 5.74) is 0. The lowest BCUT2D eigenvalue weighted by Gasteiger charge is -2.26. The maximum absolute atomic E-state index is 5.68. The van der Waals surface area contributed by atoms with E-state index in [2.05, 4.69) is 50.6 Å². The molecule has 1 saturated heterocycles. The van der Waals surface area contributed by atoms with Crippen molar-refractivity contribution in [3.8, 4) is 0 Å². The predicted octanol–water partition coefficient (Wildman–Crippen LogP) is 3.34. The van der Waals surface area contributed by atoms with Gasteiger partial charge in [0.1, 0.15) is 5.76 Å². The van der Waals surface area contributed by atoms with Gasteiger partial charge < -0.3 is 19.6 Å². The highest BCUT2D eigenvalue weighted by atomic mass is 127. The fraction of sp³-hybridized carbons (Fsp3) is 0.650. The van der Waals surface area contributed by atoms with Crippen molar-refractivity contribution in [1.82, 2.24) is 25.7 Å². The van der Waals surface area contributed by atoms with E-state index in [1.165, 1.54) is 12.8 Å². The van der Waals surface area contributed by atoms with Crippen LogP contribution in [-0.4, -0.2) is 54.2 Å². The normalized spacial score (nSPS) is 16.1. The van der Waals surface area contributed by atoms with Gasteiger partial charge in [-0.2, -0.15) is 4.98 Å². The standard InChI is InChI=1S/C20H32N6O2.HI/c1-15(2)19-24-18(28-25-19)9-6-10-22-20(21-3)23-14-16(17-8-7-13-27-17)26-11-4-5-12-26;/h7-8,13,15-16H,4-6,9-12,14H2,1-3H3,(H2,21,22,23);1H. The molecule has 3 heterocycles. The average Bonchev–Trinajstić information content (AvgIpc) is 3.46. The number of likely N-dealkylation sites (tertiary alicyclic amines) is 1. The van der Waals surface area contributed by atoms with Gasteiger partial charge in [0.25, 0.3) is 0 Å². The van der Waals surface area contributed by atoms with Crippen molar-refractivity contribution in [2.45, 2.75) is 51.5 Å². The van der Waals surface area contributed by atoms with Crippen LogP contribution in [-0.2, 0) is 6.42 Å². The van der Waals surface area contributed by atoms with Crippen LogP contribution in [0.2, 0.25) is 0 Å². The van der Waals surface area contributed by atoms with Gasteiger partial charge in [-0.25, -0.2) is 0 Å². The molecule has 2 aromatic heterocycles. The van der Waals surface area contributed by atoms with Gasteiger partial charge in [0.05, 0.1) is 12.3 Å². The lowest BCUT2D eigenvalue weighted by Crippen LogP contribution is -2.42. The van der Waals surface area contributed by atoms with E-state index in [4.69, 9.17) is 8.94 Å². The smallest absolute Gasteiger partial charge is 0.226 e. The molecule has 8 nitrogen and oxygen atoms in total. The molecule has 1 aliphatic rings. The number of halogens is 1. The summed E-state index contributed by atoms with van der Waals surface area (Å²) in [4.78, 5) is 11.2.